The van der Waals surface area contributed by atoms with Crippen molar-refractivity contribution < 1.29 is 33.6 Å². The number of Topliss-reactive ketones (excluding diaryl/α,β-unsaturated/α-hetero) is 1. The van der Waals surface area contributed by atoms with Crippen molar-refractivity contribution in [3.05, 3.63) is 23.3 Å². The molecule has 10 heteroatoms. The van der Waals surface area contributed by atoms with Gasteiger partial charge in [-0.2, -0.15) is 28.8 Å². The summed E-state index contributed by atoms with van der Waals surface area (Å²) in [6.45, 7) is 8.29. The monoisotopic (exact) mass is 559 g/mol. The van der Waals surface area contributed by atoms with Gasteiger partial charge in [-0.1, -0.05) is 30.2 Å². The normalized spacial score (nSPS) is 31.1. The molecule has 6 aliphatic heterocycles. The average Bonchev–Trinajstić information content (AvgIpc) is 2.91. The highest BCUT2D eigenvalue weighted by Gasteiger charge is 2.37. The molecular weight excluding hydrogens is 514 g/mol. The maximum Gasteiger partial charge on any atom is 0.373 e. The lowest BCUT2D eigenvalue weighted by atomic mass is 9.79. The van der Waals surface area contributed by atoms with Gasteiger partial charge in [0.2, 0.25) is 0 Å². The molecule has 40 heavy (non-hydrogen) atoms. The van der Waals surface area contributed by atoms with E-state index in [9.17, 15) is 4.79 Å². The summed E-state index contributed by atoms with van der Waals surface area (Å²) in [6.07, 6.45) is 15.9. The molecule has 4 saturated heterocycles. The predicted octanol–water partition coefficient (Wildman–Crippen LogP) is 2.62. The highest BCUT2D eigenvalue weighted by Crippen LogP contribution is 2.35. The van der Waals surface area contributed by atoms with Crippen molar-refractivity contribution in [3.8, 4) is 0 Å². The minimum Gasteiger partial charge on any atom is -0.299 e. The number of fused-ring (bicyclic) bond motifs is 7. The first-order chi connectivity index (χ1) is 19.1. The van der Waals surface area contributed by atoms with Gasteiger partial charge in [0.05, 0.1) is 6.04 Å². The van der Waals surface area contributed by atoms with Crippen LogP contribution in [0, 0.1) is 17.8 Å². The van der Waals surface area contributed by atoms with E-state index in [0.717, 1.165) is 43.3 Å². The van der Waals surface area contributed by atoms with Crippen LogP contribution in [0.1, 0.15) is 65.2 Å². The van der Waals surface area contributed by atoms with Crippen molar-refractivity contribution in [2.75, 3.05) is 40.8 Å². The number of likely N-dealkylation sites (N-methyl/N-ethyl adjacent to an activating group) is 3. The van der Waals surface area contributed by atoms with Crippen LogP contribution in [0.25, 0.3) is 0 Å². The van der Waals surface area contributed by atoms with Gasteiger partial charge in [0.15, 0.2) is 0 Å². The number of carbonyl (C=O) groups excluding carboxylic acids is 7. The largest absolute Gasteiger partial charge is 0.373 e. The second kappa shape index (κ2) is 18.5. The van der Waals surface area contributed by atoms with Gasteiger partial charge in [0.25, 0.3) is 0 Å². The van der Waals surface area contributed by atoms with Gasteiger partial charge >= 0.3 is 18.5 Å². The lowest BCUT2D eigenvalue weighted by Gasteiger charge is -2.42. The summed E-state index contributed by atoms with van der Waals surface area (Å²) < 4.78 is 0. The molecule has 0 aromatic rings. The zero-order chi connectivity index (χ0) is 30.2. The molecule has 0 spiro atoms. The Morgan fingerprint density at radius 1 is 0.675 bits per heavy atom. The molecule has 0 radical (unpaired) electrons. The molecule has 0 aromatic heterocycles. The standard InChI is InChI=1S/C10H17N.C9H15N.C8H13NO.3CO2/c1-3-9-6-8-4-5-10(9)11(2)7-8;1-7-5-8-3-4-9(7)10(2)6-8;1-9-5-6-2-3-7(9)8(10)4-6;3*2-1-3/h6,8,10H,3-5,7H2,1-2H3;5,8-9H,3-4,6H2,1-2H3;6-7H,2-5H2,1H3;;;. The minimum absolute atomic E-state index is 0.250. The summed E-state index contributed by atoms with van der Waals surface area (Å²) in [6, 6.07) is 1.86. The highest BCUT2D eigenvalue weighted by molar-refractivity contribution is 5.85. The molecule has 6 atom stereocenters. The number of carbonyl (C=O) groups is 1. The Morgan fingerprint density at radius 2 is 1.12 bits per heavy atom. The lowest BCUT2D eigenvalue weighted by molar-refractivity contribution is -0.193. The van der Waals surface area contributed by atoms with Crippen LogP contribution in [0.5, 0.6) is 0 Å². The van der Waals surface area contributed by atoms with Crippen LogP contribution in [-0.4, -0.2) is 97.8 Å². The predicted molar refractivity (Wildman–Crippen MR) is 144 cm³/mol. The average molecular weight is 560 g/mol. The molecule has 9 aliphatic rings. The zero-order valence-electron chi connectivity index (χ0n) is 24.6. The van der Waals surface area contributed by atoms with Crippen LogP contribution >= 0.6 is 0 Å². The van der Waals surface area contributed by atoms with Gasteiger partial charge in [-0.05, 0) is 90.8 Å². The summed E-state index contributed by atoms with van der Waals surface area (Å²) in [5, 5.41) is 0. The van der Waals surface area contributed by atoms with Crippen molar-refractivity contribution in [1.29, 1.82) is 0 Å². The summed E-state index contributed by atoms with van der Waals surface area (Å²) in [4.78, 5) is 67.2. The van der Waals surface area contributed by atoms with Crippen molar-refractivity contribution in [2.45, 2.75) is 83.3 Å². The molecule has 10 nitrogen and oxygen atoms in total. The Labute approximate surface area is 237 Å². The molecule has 222 valence electrons. The smallest absolute Gasteiger partial charge is 0.299 e. The van der Waals surface area contributed by atoms with E-state index in [4.69, 9.17) is 28.8 Å². The number of hydrogen-bond donors (Lipinski definition) is 0. The fourth-order valence-corrected chi connectivity index (χ4v) is 7.16. The van der Waals surface area contributed by atoms with E-state index in [-0.39, 0.29) is 24.5 Å². The van der Waals surface area contributed by atoms with Crippen molar-refractivity contribution in [1.82, 2.24) is 14.7 Å². The van der Waals surface area contributed by atoms with E-state index < -0.39 is 0 Å². The second-order valence-corrected chi connectivity index (χ2v) is 11.4. The SMILES string of the molecule is CC1=CC2CCC1N(C)C2.CCC1=CC2CCC1N(C)C2.CN1CC2CCC1C(=O)C2.O=C=O.O=C=O.O=C=O. The Morgan fingerprint density at radius 3 is 1.40 bits per heavy atom. The van der Waals surface area contributed by atoms with Crippen LogP contribution in [0.4, 0.5) is 0 Å². The Bertz CT molecular complexity index is 947. The van der Waals surface area contributed by atoms with Crippen LogP contribution in [0.2, 0.25) is 0 Å². The number of piperidine rings is 4. The third-order valence-electron chi connectivity index (χ3n) is 8.83. The van der Waals surface area contributed by atoms with Crippen LogP contribution in [0.3, 0.4) is 0 Å². The fourth-order valence-electron chi connectivity index (χ4n) is 7.16. The van der Waals surface area contributed by atoms with E-state index in [1.807, 2.05) is 0 Å². The molecule has 5 fully saturated rings. The molecular formula is C30H45N3O7. The van der Waals surface area contributed by atoms with E-state index in [1.54, 1.807) is 11.1 Å². The second-order valence-electron chi connectivity index (χ2n) is 11.4. The van der Waals surface area contributed by atoms with Crippen LogP contribution < -0.4 is 0 Å². The van der Waals surface area contributed by atoms with Gasteiger partial charge in [0.1, 0.15) is 5.78 Å². The molecule has 3 aliphatic carbocycles. The van der Waals surface area contributed by atoms with E-state index in [1.165, 1.54) is 51.6 Å². The number of rotatable bonds is 1. The van der Waals surface area contributed by atoms with Crippen LogP contribution in [0.15, 0.2) is 23.3 Å². The maximum absolute atomic E-state index is 11.2. The number of ketones is 1. The topological polar surface area (TPSA) is 129 Å². The fraction of sp³-hybridized carbons (Fsp3) is 0.733. The summed E-state index contributed by atoms with van der Waals surface area (Å²) in [7, 11) is 6.57. The Hall–Kier alpha value is -2.83. The third-order valence-corrected chi connectivity index (χ3v) is 8.83. The van der Waals surface area contributed by atoms with Gasteiger partial charge in [-0.25, -0.2) is 0 Å². The van der Waals surface area contributed by atoms with Crippen molar-refractivity contribution in [2.24, 2.45) is 17.8 Å². The van der Waals surface area contributed by atoms with Gasteiger partial charge < -0.3 is 0 Å². The molecule has 6 unspecified atom stereocenters. The minimum atomic E-state index is 0.250. The van der Waals surface area contributed by atoms with Gasteiger partial charge in [-0.3, -0.25) is 19.5 Å². The molecule has 6 heterocycles. The summed E-state index contributed by atoms with van der Waals surface area (Å²) in [5.74, 6) is 2.91. The van der Waals surface area contributed by atoms with Crippen molar-refractivity contribution in [3.63, 3.8) is 0 Å². The summed E-state index contributed by atoms with van der Waals surface area (Å²) >= 11 is 0. The van der Waals surface area contributed by atoms with Crippen molar-refractivity contribution >= 4 is 24.2 Å². The molecule has 0 amide bonds. The van der Waals surface area contributed by atoms with Gasteiger partial charge in [-0.15, -0.1) is 0 Å². The van der Waals surface area contributed by atoms with E-state index in [2.05, 4.69) is 61.8 Å². The lowest BCUT2D eigenvalue weighted by Crippen LogP contribution is -2.51. The zero-order valence-corrected chi connectivity index (χ0v) is 24.6. The van der Waals surface area contributed by atoms with Gasteiger partial charge in [0, 0.05) is 38.1 Å². The first kappa shape index (κ1) is 35.2. The third kappa shape index (κ3) is 10.6. The first-order valence-corrected chi connectivity index (χ1v) is 14.1. The van der Waals surface area contributed by atoms with E-state index >= 15 is 0 Å². The maximum atomic E-state index is 11.2. The molecule has 6 bridgehead atoms. The summed E-state index contributed by atoms with van der Waals surface area (Å²) in [5.41, 5.74) is 3.29. The first-order valence-electron chi connectivity index (χ1n) is 14.1. The number of hydrogen-bond acceptors (Lipinski definition) is 10. The quantitative estimate of drug-likeness (QED) is 0.442. The highest BCUT2D eigenvalue weighted by atomic mass is 16.2. The Kier molecular flexibility index (Phi) is 16.3. The van der Waals surface area contributed by atoms with Crippen LogP contribution in [-0.2, 0) is 33.6 Å². The molecule has 1 saturated carbocycles. The molecule has 0 N–H and O–H groups in total. The van der Waals surface area contributed by atoms with E-state index in [0.29, 0.717) is 11.7 Å². The molecule has 9 rings (SSSR count). The Balaban J connectivity index is 0.000000262. The molecule has 0 aromatic carbocycles. The number of nitrogens with zero attached hydrogens (tertiary/aromatic N) is 3.